The number of hydrogen-bond acceptors (Lipinski definition) is 4. The maximum atomic E-state index is 12.4. The van der Waals surface area contributed by atoms with Gasteiger partial charge in [0.25, 0.3) is 5.91 Å². The van der Waals surface area contributed by atoms with Crippen LogP contribution in [0.2, 0.25) is 0 Å². The van der Waals surface area contributed by atoms with E-state index < -0.39 is 0 Å². The molecule has 2 N–H and O–H groups in total. The van der Waals surface area contributed by atoms with E-state index in [2.05, 4.69) is 21.7 Å². The predicted molar refractivity (Wildman–Crippen MR) is 129 cm³/mol. The van der Waals surface area contributed by atoms with Gasteiger partial charge >= 0.3 is 0 Å². The van der Waals surface area contributed by atoms with Gasteiger partial charge in [0.1, 0.15) is 5.75 Å². The van der Waals surface area contributed by atoms with Gasteiger partial charge in [0.2, 0.25) is 5.91 Å². The first-order chi connectivity index (χ1) is 16.1. The Balaban J connectivity index is 1.26. The van der Waals surface area contributed by atoms with E-state index in [1.165, 1.54) is 0 Å². The van der Waals surface area contributed by atoms with Crippen LogP contribution >= 0.6 is 0 Å². The lowest BCUT2D eigenvalue weighted by Gasteiger charge is -2.08. The van der Waals surface area contributed by atoms with Crippen LogP contribution in [0.3, 0.4) is 0 Å². The summed E-state index contributed by atoms with van der Waals surface area (Å²) in [7, 11) is 1.63. The van der Waals surface area contributed by atoms with E-state index in [4.69, 9.17) is 4.74 Å². The molecule has 3 aromatic carbocycles. The quantitative estimate of drug-likeness (QED) is 0.435. The Morgan fingerprint density at radius 3 is 2.39 bits per heavy atom. The minimum atomic E-state index is -0.288. The summed E-state index contributed by atoms with van der Waals surface area (Å²) in [4.78, 5) is 29.0. The number of para-hydroxylation sites is 1. The number of carbonyl (C=O) groups excluding carboxylic acids is 2. The fourth-order valence-electron chi connectivity index (χ4n) is 3.51. The normalized spacial score (nSPS) is 10.6. The van der Waals surface area contributed by atoms with Crippen LogP contribution in [0.4, 0.5) is 0 Å². The number of rotatable bonds is 8. The highest BCUT2D eigenvalue weighted by atomic mass is 16.5. The van der Waals surface area contributed by atoms with Crippen LogP contribution < -0.4 is 15.4 Å². The molecule has 6 heteroatoms. The molecule has 6 nitrogen and oxygen atoms in total. The van der Waals surface area contributed by atoms with E-state index in [-0.39, 0.29) is 18.4 Å². The third kappa shape index (κ3) is 5.74. The molecular weight excluding hydrogens is 414 g/mol. The summed E-state index contributed by atoms with van der Waals surface area (Å²) in [6.45, 7) is 0.424. The predicted octanol–water partition coefficient (Wildman–Crippen LogP) is 4.00. The standard InChI is InChI=1S/C27H25N3O3/c1-33-24-12-6-19(7-13-24)14-15-28-26(31)18-30-27(32)21-10-8-20(9-11-21)23-16-22-4-2-3-5-25(22)29-17-23/h2-13,16-17H,14-15,18H2,1H3,(H,28,31)(H,30,32). The number of nitrogens with one attached hydrogen (secondary N) is 2. The smallest absolute Gasteiger partial charge is 0.251 e. The Kier molecular flexibility index (Phi) is 6.95. The van der Waals surface area contributed by atoms with Crippen molar-refractivity contribution in [2.75, 3.05) is 20.2 Å². The summed E-state index contributed by atoms with van der Waals surface area (Å²) < 4.78 is 5.13. The second-order valence-electron chi connectivity index (χ2n) is 7.62. The van der Waals surface area contributed by atoms with Crippen LogP contribution in [0.25, 0.3) is 22.0 Å². The molecule has 2 amide bonds. The Labute approximate surface area is 192 Å². The van der Waals surface area contributed by atoms with Gasteiger partial charge in [-0.1, -0.05) is 42.5 Å². The second kappa shape index (κ2) is 10.4. The van der Waals surface area contributed by atoms with Gasteiger partial charge in [-0.15, -0.1) is 0 Å². The number of ether oxygens (including phenoxy) is 1. The number of aromatic nitrogens is 1. The van der Waals surface area contributed by atoms with E-state index in [0.717, 1.165) is 33.3 Å². The minimum absolute atomic E-state index is 0.0716. The average molecular weight is 440 g/mol. The number of pyridine rings is 1. The molecule has 1 heterocycles. The van der Waals surface area contributed by atoms with Crippen LogP contribution in [0.15, 0.2) is 85.1 Å². The molecule has 0 atom stereocenters. The van der Waals surface area contributed by atoms with E-state index >= 15 is 0 Å². The minimum Gasteiger partial charge on any atom is -0.497 e. The van der Waals surface area contributed by atoms with Crippen LogP contribution in [-0.4, -0.2) is 37.0 Å². The zero-order chi connectivity index (χ0) is 23.0. The molecule has 0 aliphatic carbocycles. The average Bonchev–Trinajstić information content (AvgIpc) is 2.87. The number of fused-ring (bicyclic) bond motifs is 1. The van der Waals surface area contributed by atoms with E-state index in [1.54, 1.807) is 19.2 Å². The zero-order valence-electron chi connectivity index (χ0n) is 18.4. The van der Waals surface area contributed by atoms with Crippen molar-refractivity contribution < 1.29 is 14.3 Å². The van der Waals surface area contributed by atoms with Crippen molar-refractivity contribution in [3.63, 3.8) is 0 Å². The molecule has 0 spiro atoms. The summed E-state index contributed by atoms with van der Waals surface area (Å²) in [5.41, 5.74) is 4.50. The Hall–Kier alpha value is -4.19. The van der Waals surface area contributed by atoms with Gasteiger partial charge in [-0.2, -0.15) is 0 Å². The SMILES string of the molecule is COc1ccc(CCNC(=O)CNC(=O)c2ccc(-c3cnc4ccccc4c3)cc2)cc1. The van der Waals surface area contributed by atoms with E-state index in [1.807, 2.05) is 66.9 Å². The molecule has 0 aliphatic heterocycles. The van der Waals surface area contributed by atoms with Gasteiger partial charge in [-0.3, -0.25) is 14.6 Å². The van der Waals surface area contributed by atoms with Crippen LogP contribution in [-0.2, 0) is 11.2 Å². The van der Waals surface area contributed by atoms with Crippen molar-refractivity contribution in [3.8, 4) is 16.9 Å². The van der Waals surface area contributed by atoms with Crippen LogP contribution in [0.5, 0.6) is 5.75 Å². The number of benzene rings is 3. The van der Waals surface area contributed by atoms with Gasteiger partial charge in [0.05, 0.1) is 19.2 Å². The van der Waals surface area contributed by atoms with Gasteiger partial charge in [-0.25, -0.2) is 0 Å². The first-order valence-corrected chi connectivity index (χ1v) is 10.8. The Bertz CT molecular complexity index is 1250. The van der Waals surface area contributed by atoms with Gasteiger partial charge < -0.3 is 15.4 Å². The van der Waals surface area contributed by atoms with Gasteiger partial charge in [-0.05, 0) is 53.9 Å². The molecule has 4 aromatic rings. The summed E-state index contributed by atoms with van der Waals surface area (Å²) in [5.74, 6) is 0.284. The summed E-state index contributed by atoms with van der Waals surface area (Å²) in [6, 6.07) is 25.0. The maximum absolute atomic E-state index is 12.4. The number of hydrogen-bond donors (Lipinski definition) is 2. The zero-order valence-corrected chi connectivity index (χ0v) is 18.4. The lowest BCUT2D eigenvalue weighted by atomic mass is 10.0. The molecular formula is C27H25N3O3. The first kappa shape index (κ1) is 22.0. The van der Waals surface area contributed by atoms with Crippen molar-refractivity contribution in [3.05, 3.63) is 96.2 Å². The van der Waals surface area contributed by atoms with Crippen LogP contribution in [0, 0.1) is 0 Å². The van der Waals surface area contributed by atoms with Crippen molar-refractivity contribution >= 4 is 22.7 Å². The van der Waals surface area contributed by atoms with Crippen LogP contribution in [0.1, 0.15) is 15.9 Å². The molecule has 1 aromatic heterocycles. The van der Waals surface area contributed by atoms with Crippen molar-refractivity contribution in [1.29, 1.82) is 0 Å². The molecule has 0 unspecified atom stereocenters. The van der Waals surface area contributed by atoms with E-state index in [0.29, 0.717) is 18.5 Å². The van der Waals surface area contributed by atoms with Gasteiger partial charge in [0, 0.05) is 29.3 Å². The fraction of sp³-hybridized carbons (Fsp3) is 0.148. The molecule has 0 fully saturated rings. The largest absolute Gasteiger partial charge is 0.497 e. The third-order valence-corrected chi connectivity index (χ3v) is 5.38. The second-order valence-corrected chi connectivity index (χ2v) is 7.62. The lowest BCUT2D eigenvalue weighted by Crippen LogP contribution is -2.37. The highest BCUT2D eigenvalue weighted by molar-refractivity contribution is 5.97. The molecule has 0 radical (unpaired) electrons. The molecule has 0 bridgehead atoms. The third-order valence-electron chi connectivity index (χ3n) is 5.38. The number of methoxy groups -OCH3 is 1. The Morgan fingerprint density at radius 1 is 0.879 bits per heavy atom. The Morgan fingerprint density at radius 2 is 1.64 bits per heavy atom. The van der Waals surface area contributed by atoms with Crippen molar-refractivity contribution in [2.24, 2.45) is 0 Å². The van der Waals surface area contributed by atoms with Crippen molar-refractivity contribution in [1.82, 2.24) is 15.6 Å². The molecule has 0 saturated heterocycles. The summed E-state index contributed by atoms with van der Waals surface area (Å²) in [6.07, 6.45) is 2.53. The van der Waals surface area contributed by atoms with Crippen molar-refractivity contribution in [2.45, 2.75) is 6.42 Å². The highest BCUT2D eigenvalue weighted by Gasteiger charge is 2.09. The molecule has 4 rings (SSSR count). The summed E-state index contributed by atoms with van der Waals surface area (Å²) >= 11 is 0. The number of carbonyl (C=O) groups is 2. The maximum Gasteiger partial charge on any atom is 0.251 e. The topological polar surface area (TPSA) is 80.3 Å². The fourth-order valence-corrected chi connectivity index (χ4v) is 3.51. The lowest BCUT2D eigenvalue weighted by molar-refractivity contribution is -0.120. The molecule has 0 saturated carbocycles. The molecule has 0 aliphatic rings. The molecule has 33 heavy (non-hydrogen) atoms. The monoisotopic (exact) mass is 439 g/mol. The molecule has 166 valence electrons. The van der Waals surface area contributed by atoms with Gasteiger partial charge in [0.15, 0.2) is 0 Å². The summed E-state index contributed by atoms with van der Waals surface area (Å²) in [5, 5.41) is 6.55. The number of nitrogens with zero attached hydrogens (tertiary/aromatic N) is 1. The number of amides is 2. The first-order valence-electron chi connectivity index (χ1n) is 10.8. The van der Waals surface area contributed by atoms with E-state index in [9.17, 15) is 9.59 Å². The highest BCUT2D eigenvalue weighted by Crippen LogP contribution is 2.23.